The van der Waals surface area contributed by atoms with E-state index in [9.17, 15) is 4.79 Å². The van der Waals surface area contributed by atoms with Crippen LogP contribution in [0.4, 0.5) is 0 Å². The highest BCUT2D eigenvalue weighted by atomic mass is 79.9. The summed E-state index contributed by atoms with van der Waals surface area (Å²) in [6, 6.07) is 1.15. The van der Waals surface area contributed by atoms with Crippen LogP contribution < -0.4 is 5.32 Å². The summed E-state index contributed by atoms with van der Waals surface area (Å²) in [5, 5.41) is 2.88. The number of hydrogen-bond acceptors (Lipinski definition) is 2. The Labute approximate surface area is 101 Å². The van der Waals surface area contributed by atoms with Gasteiger partial charge >= 0.3 is 0 Å². The summed E-state index contributed by atoms with van der Waals surface area (Å²) in [6.45, 7) is 1.72. The van der Waals surface area contributed by atoms with Crippen molar-refractivity contribution in [2.75, 3.05) is 0 Å². The molecule has 1 N–H and O–H groups in total. The van der Waals surface area contributed by atoms with Gasteiger partial charge in [0.25, 0.3) is 5.91 Å². The van der Waals surface area contributed by atoms with Gasteiger partial charge in [0.05, 0.1) is 11.6 Å². The van der Waals surface area contributed by atoms with Gasteiger partial charge in [-0.15, -0.1) is 6.42 Å². The molecular formula is C10H8BrClN2O. The zero-order chi connectivity index (χ0) is 11.4. The number of aromatic nitrogens is 1. The molecule has 1 aromatic heterocycles. The fourth-order valence-electron chi connectivity index (χ4n) is 0.903. The lowest BCUT2D eigenvalue weighted by Gasteiger charge is -2.08. The third-order valence-corrected chi connectivity index (χ3v) is 2.50. The van der Waals surface area contributed by atoms with Crippen LogP contribution in [0.3, 0.4) is 0 Å². The Hall–Kier alpha value is -1.05. The Morgan fingerprint density at radius 1 is 1.80 bits per heavy atom. The van der Waals surface area contributed by atoms with Crippen molar-refractivity contribution in [2.24, 2.45) is 0 Å². The summed E-state index contributed by atoms with van der Waals surface area (Å²) < 4.78 is 0.577. The van der Waals surface area contributed by atoms with E-state index in [4.69, 9.17) is 18.0 Å². The van der Waals surface area contributed by atoms with Gasteiger partial charge in [-0.2, -0.15) is 0 Å². The Bertz CT molecular complexity index is 428. The van der Waals surface area contributed by atoms with Crippen molar-refractivity contribution in [1.29, 1.82) is 0 Å². The predicted molar refractivity (Wildman–Crippen MR) is 62.7 cm³/mol. The summed E-state index contributed by atoms with van der Waals surface area (Å²) >= 11 is 8.89. The number of carbonyl (C=O) groups excluding carboxylic acids is 1. The van der Waals surface area contributed by atoms with E-state index in [1.807, 2.05) is 0 Å². The lowest BCUT2D eigenvalue weighted by Crippen LogP contribution is -2.31. The maximum Gasteiger partial charge on any atom is 0.253 e. The third-order valence-electron chi connectivity index (χ3n) is 1.66. The molecule has 0 saturated heterocycles. The van der Waals surface area contributed by atoms with E-state index >= 15 is 0 Å². The molecule has 1 heterocycles. The SMILES string of the molecule is C#CC(C)NC(=O)c1cc(Cl)ncc1Br. The fourth-order valence-corrected chi connectivity index (χ4v) is 1.46. The molecule has 0 saturated carbocycles. The number of nitrogens with zero attached hydrogens (tertiary/aromatic N) is 1. The number of nitrogens with one attached hydrogen (secondary N) is 1. The lowest BCUT2D eigenvalue weighted by molar-refractivity contribution is 0.0947. The van der Waals surface area contributed by atoms with Crippen molar-refractivity contribution < 1.29 is 4.79 Å². The molecule has 1 rings (SSSR count). The van der Waals surface area contributed by atoms with Crippen LogP contribution in [0.5, 0.6) is 0 Å². The van der Waals surface area contributed by atoms with E-state index in [0.29, 0.717) is 10.0 Å². The maximum atomic E-state index is 11.7. The molecule has 0 aliphatic heterocycles. The van der Waals surface area contributed by atoms with Crippen LogP contribution in [-0.4, -0.2) is 16.9 Å². The average Bonchev–Trinajstić information content (AvgIpc) is 2.21. The second kappa shape index (κ2) is 5.15. The number of hydrogen-bond donors (Lipinski definition) is 1. The lowest BCUT2D eigenvalue weighted by atomic mass is 10.2. The average molecular weight is 288 g/mol. The number of amides is 1. The molecule has 78 valence electrons. The first-order chi connectivity index (χ1) is 7.04. The van der Waals surface area contributed by atoms with Crippen molar-refractivity contribution in [3.05, 3.63) is 27.5 Å². The molecule has 15 heavy (non-hydrogen) atoms. The molecule has 3 nitrogen and oxygen atoms in total. The van der Waals surface area contributed by atoms with Gasteiger partial charge in [0.1, 0.15) is 5.15 Å². The van der Waals surface area contributed by atoms with Crippen LogP contribution in [0.25, 0.3) is 0 Å². The minimum Gasteiger partial charge on any atom is -0.339 e. The van der Waals surface area contributed by atoms with E-state index in [1.54, 1.807) is 6.92 Å². The molecule has 0 aliphatic carbocycles. The van der Waals surface area contributed by atoms with Crippen molar-refractivity contribution >= 4 is 33.4 Å². The van der Waals surface area contributed by atoms with Gasteiger partial charge in [-0.05, 0) is 28.9 Å². The van der Waals surface area contributed by atoms with Crippen LogP contribution in [0, 0.1) is 12.3 Å². The van der Waals surface area contributed by atoms with Gasteiger partial charge in [-0.3, -0.25) is 4.79 Å². The second-order valence-electron chi connectivity index (χ2n) is 2.85. The summed E-state index contributed by atoms with van der Waals surface area (Å²) in [4.78, 5) is 15.5. The van der Waals surface area contributed by atoms with Crippen LogP contribution in [0.15, 0.2) is 16.7 Å². The quantitative estimate of drug-likeness (QED) is 0.669. The van der Waals surface area contributed by atoms with E-state index in [1.165, 1.54) is 12.3 Å². The van der Waals surface area contributed by atoms with E-state index in [0.717, 1.165) is 0 Å². The van der Waals surface area contributed by atoms with E-state index < -0.39 is 0 Å². The predicted octanol–water partition coefficient (Wildman–Crippen LogP) is 2.25. The van der Waals surface area contributed by atoms with Crippen molar-refractivity contribution in [2.45, 2.75) is 13.0 Å². The molecule has 1 aromatic rings. The fraction of sp³-hybridized carbons (Fsp3) is 0.200. The summed E-state index contributed by atoms with van der Waals surface area (Å²) in [5.41, 5.74) is 0.414. The topological polar surface area (TPSA) is 42.0 Å². The standard InChI is InChI=1S/C10H8BrClN2O/c1-3-6(2)14-10(15)7-4-9(12)13-5-8(7)11/h1,4-6H,2H3,(H,14,15). The number of carbonyl (C=O) groups is 1. The Morgan fingerprint density at radius 2 is 2.47 bits per heavy atom. The van der Waals surface area contributed by atoms with Crippen molar-refractivity contribution in [1.82, 2.24) is 10.3 Å². The largest absolute Gasteiger partial charge is 0.339 e. The van der Waals surface area contributed by atoms with Gasteiger partial charge in [0.2, 0.25) is 0 Å². The Kier molecular flexibility index (Phi) is 4.13. The third kappa shape index (κ3) is 3.22. The number of pyridine rings is 1. The summed E-state index contributed by atoms with van der Waals surface area (Å²) in [5.74, 6) is 2.12. The summed E-state index contributed by atoms with van der Waals surface area (Å²) in [6.07, 6.45) is 6.62. The zero-order valence-electron chi connectivity index (χ0n) is 7.92. The van der Waals surface area contributed by atoms with Crippen LogP contribution in [0.1, 0.15) is 17.3 Å². The summed E-state index contributed by atoms with van der Waals surface area (Å²) in [7, 11) is 0. The molecular weight excluding hydrogens is 279 g/mol. The maximum absolute atomic E-state index is 11.7. The molecule has 0 radical (unpaired) electrons. The van der Waals surface area contributed by atoms with Gasteiger partial charge in [0, 0.05) is 10.7 Å². The zero-order valence-corrected chi connectivity index (χ0v) is 10.3. The molecule has 0 spiro atoms. The Balaban J connectivity index is 2.92. The van der Waals surface area contributed by atoms with E-state index in [-0.39, 0.29) is 17.1 Å². The normalized spacial score (nSPS) is 11.6. The number of terminal acetylenes is 1. The molecule has 5 heteroatoms. The molecule has 1 atom stereocenters. The second-order valence-corrected chi connectivity index (χ2v) is 4.09. The molecule has 1 unspecified atom stereocenters. The van der Waals surface area contributed by atoms with Crippen LogP contribution >= 0.6 is 27.5 Å². The highest BCUT2D eigenvalue weighted by Crippen LogP contribution is 2.18. The van der Waals surface area contributed by atoms with Crippen LogP contribution in [0.2, 0.25) is 5.15 Å². The van der Waals surface area contributed by atoms with E-state index in [2.05, 4.69) is 32.2 Å². The first-order valence-electron chi connectivity index (χ1n) is 4.12. The molecule has 0 aromatic carbocycles. The minimum atomic E-state index is -0.323. The number of rotatable bonds is 2. The van der Waals surface area contributed by atoms with Gasteiger partial charge in [-0.1, -0.05) is 17.5 Å². The molecule has 0 fully saturated rings. The minimum absolute atomic E-state index is 0.261. The van der Waals surface area contributed by atoms with Crippen molar-refractivity contribution in [3.8, 4) is 12.3 Å². The smallest absolute Gasteiger partial charge is 0.253 e. The van der Waals surface area contributed by atoms with Gasteiger partial charge in [0.15, 0.2) is 0 Å². The first-order valence-corrected chi connectivity index (χ1v) is 5.29. The highest BCUT2D eigenvalue weighted by Gasteiger charge is 2.12. The van der Waals surface area contributed by atoms with Gasteiger partial charge < -0.3 is 5.32 Å². The monoisotopic (exact) mass is 286 g/mol. The number of halogens is 2. The molecule has 0 aliphatic rings. The molecule has 1 amide bonds. The van der Waals surface area contributed by atoms with Gasteiger partial charge in [-0.25, -0.2) is 4.98 Å². The molecule has 0 bridgehead atoms. The van der Waals surface area contributed by atoms with Crippen molar-refractivity contribution in [3.63, 3.8) is 0 Å². The van der Waals surface area contributed by atoms with Crippen LogP contribution in [-0.2, 0) is 0 Å². The first kappa shape index (κ1) is 12.0. The highest BCUT2D eigenvalue weighted by molar-refractivity contribution is 9.10. The Morgan fingerprint density at radius 3 is 3.07 bits per heavy atom.